The fourth-order valence-corrected chi connectivity index (χ4v) is 3.03. The van der Waals surface area contributed by atoms with Gasteiger partial charge in [-0.3, -0.25) is 4.79 Å². The van der Waals surface area contributed by atoms with Gasteiger partial charge in [0.05, 0.1) is 11.4 Å². The number of aryl methyl sites for hydroxylation is 1. The predicted molar refractivity (Wildman–Crippen MR) is 93.2 cm³/mol. The van der Waals surface area contributed by atoms with Crippen molar-refractivity contribution in [2.75, 3.05) is 11.1 Å². The summed E-state index contributed by atoms with van der Waals surface area (Å²) < 4.78 is 0. The molecule has 0 radical (unpaired) electrons. The number of nitrogens with two attached hydrogens (primary N) is 1. The Morgan fingerprint density at radius 2 is 2.25 bits per heavy atom. The van der Waals surface area contributed by atoms with Gasteiger partial charge in [-0.2, -0.15) is 0 Å². The van der Waals surface area contributed by atoms with Crippen molar-refractivity contribution in [3.63, 3.8) is 0 Å². The van der Waals surface area contributed by atoms with E-state index in [0.717, 1.165) is 5.69 Å². The lowest BCUT2D eigenvalue weighted by molar-refractivity contribution is -0.136. The molecule has 0 fully saturated rings. The SMILES string of the molecule is N=Cc1cc(Nc2ncnc3sc(CCC(=O)O)nc23)ccc1N. The molecule has 0 aliphatic carbocycles. The van der Waals surface area contributed by atoms with E-state index in [0.29, 0.717) is 38.8 Å². The fraction of sp³-hybridized carbons (Fsp3) is 0.133. The Kier molecular flexibility index (Phi) is 4.34. The first kappa shape index (κ1) is 15.8. The third-order valence-corrected chi connectivity index (χ3v) is 4.32. The molecule has 0 amide bonds. The Morgan fingerprint density at radius 3 is 3.00 bits per heavy atom. The molecule has 1 aromatic carbocycles. The molecule has 0 atom stereocenters. The first-order valence-corrected chi connectivity index (χ1v) is 7.87. The van der Waals surface area contributed by atoms with Crippen LogP contribution in [0.3, 0.4) is 0 Å². The minimum Gasteiger partial charge on any atom is -0.481 e. The molecular weight excluding hydrogens is 328 g/mol. The number of hydrogen-bond acceptors (Lipinski definition) is 8. The van der Waals surface area contributed by atoms with Gasteiger partial charge >= 0.3 is 5.97 Å². The standard InChI is InChI=1S/C15H14N6O2S/c16-6-8-5-9(1-2-10(8)17)20-14-13-15(19-7-18-14)24-11(21-13)3-4-12(22)23/h1-2,5-7,16H,3-4,17H2,(H,22,23)(H,18,19,20). The quantitative estimate of drug-likeness (QED) is 0.398. The molecule has 0 spiro atoms. The van der Waals surface area contributed by atoms with E-state index in [1.807, 2.05) is 0 Å². The van der Waals surface area contributed by atoms with Crippen LogP contribution in [0.1, 0.15) is 17.0 Å². The van der Waals surface area contributed by atoms with E-state index in [1.54, 1.807) is 18.2 Å². The molecule has 3 rings (SSSR count). The molecule has 3 aromatic rings. The summed E-state index contributed by atoms with van der Waals surface area (Å²) in [7, 11) is 0. The van der Waals surface area contributed by atoms with Crippen molar-refractivity contribution >= 4 is 51.1 Å². The van der Waals surface area contributed by atoms with E-state index in [9.17, 15) is 4.79 Å². The molecular formula is C15H14N6O2S. The summed E-state index contributed by atoms with van der Waals surface area (Å²) in [5.41, 5.74) is 8.22. The summed E-state index contributed by atoms with van der Waals surface area (Å²) in [5.74, 6) is -0.335. The summed E-state index contributed by atoms with van der Waals surface area (Å²) >= 11 is 1.35. The highest BCUT2D eigenvalue weighted by Gasteiger charge is 2.12. The number of benzene rings is 1. The van der Waals surface area contributed by atoms with Gasteiger partial charge < -0.3 is 21.6 Å². The number of anilines is 3. The molecule has 24 heavy (non-hydrogen) atoms. The summed E-state index contributed by atoms with van der Waals surface area (Å²) in [4.78, 5) is 24.2. The summed E-state index contributed by atoms with van der Waals surface area (Å²) in [5, 5.41) is 20.0. The van der Waals surface area contributed by atoms with Crippen LogP contribution in [0.15, 0.2) is 24.5 Å². The maximum absolute atomic E-state index is 10.7. The Balaban J connectivity index is 1.91. The molecule has 5 N–H and O–H groups in total. The van der Waals surface area contributed by atoms with Crippen LogP contribution in [0.25, 0.3) is 10.3 Å². The number of nitrogen functional groups attached to an aromatic ring is 1. The van der Waals surface area contributed by atoms with E-state index in [4.69, 9.17) is 16.2 Å². The van der Waals surface area contributed by atoms with Crippen molar-refractivity contribution < 1.29 is 9.90 Å². The lowest BCUT2D eigenvalue weighted by atomic mass is 10.1. The van der Waals surface area contributed by atoms with Crippen molar-refractivity contribution in [1.29, 1.82) is 5.41 Å². The second-order valence-corrected chi connectivity index (χ2v) is 6.05. The highest BCUT2D eigenvalue weighted by molar-refractivity contribution is 7.18. The number of carboxylic acids is 1. The molecule has 122 valence electrons. The molecule has 8 nitrogen and oxygen atoms in total. The number of rotatable bonds is 6. The van der Waals surface area contributed by atoms with Crippen LogP contribution >= 0.6 is 11.3 Å². The van der Waals surface area contributed by atoms with Gasteiger partial charge in [0.25, 0.3) is 0 Å². The second-order valence-electron chi connectivity index (χ2n) is 4.99. The van der Waals surface area contributed by atoms with Gasteiger partial charge in [0, 0.05) is 29.6 Å². The lowest BCUT2D eigenvalue weighted by Crippen LogP contribution is -1.99. The van der Waals surface area contributed by atoms with Gasteiger partial charge in [-0.1, -0.05) is 11.3 Å². The van der Waals surface area contributed by atoms with Crippen LogP contribution in [0.5, 0.6) is 0 Å². The van der Waals surface area contributed by atoms with Crippen LogP contribution in [0.4, 0.5) is 17.2 Å². The number of nitrogens with zero attached hydrogens (tertiary/aromatic N) is 3. The van der Waals surface area contributed by atoms with Crippen LogP contribution in [0.2, 0.25) is 0 Å². The molecule has 0 bridgehead atoms. The van der Waals surface area contributed by atoms with E-state index in [1.165, 1.54) is 23.9 Å². The maximum atomic E-state index is 10.7. The zero-order chi connectivity index (χ0) is 17.1. The molecule has 0 unspecified atom stereocenters. The maximum Gasteiger partial charge on any atom is 0.303 e. The van der Waals surface area contributed by atoms with Gasteiger partial charge in [-0.05, 0) is 18.2 Å². The number of aliphatic carboxylic acids is 1. The molecule has 9 heteroatoms. The van der Waals surface area contributed by atoms with Gasteiger partial charge in [0.15, 0.2) is 5.82 Å². The third-order valence-electron chi connectivity index (χ3n) is 3.30. The highest BCUT2D eigenvalue weighted by atomic mass is 32.1. The topological polar surface area (TPSA) is 138 Å². The lowest BCUT2D eigenvalue weighted by Gasteiger charge is -2.07. The van der Waals surface area contributed by atoms with Crippen LogP contribution < -0.4 is 11.1 Å². The van der Waals surface area contributed by atoms with E-state index in [2.05, 4.69) is 20.3 Å². The van der Waals surface area contributed by atoms with Crippen LogP contribution in [-0.4, -0.2) is 32.2 Å². The fourth-order valence-electron chi connectivity index (χ4n) is 2.12. The van der Waals surface area contributed by atoms with Crippen molar-refractivity contribution in [3.8, 4) is 0 Å². The first-order valence-electron chi connectivity index (χ1n) is 7.06. The number of thiazole rings is 1. The number of aromatic nitrogens is 3. The number of carboxylic acid groups (broad SMARTS) is 1. The Morgan fingerprint density at radius 1 is 1.42 bits per heavy atom. The average Bonchev–Trinajstić information content (AvgIpc) is 2.99. The molecule has 0 saturated heterocycles. The summed E-state index contributed by atoms with van der Waals surface area (Å²) in [6.07, 6.45) is 2.99. The molecule has 0 aliphatic rings. The van der Waals surface area contributed by atoms with Crippen molar-refractivity contribution in [2.24, 2.45) is 0 Å². The molecule has 2 heterocycles. The number of carbonyl (C=O) groups is 1. The Labute approximate surface area is 140 Å². The number of hydrogen-bond donors (Lipinski definition) is 4. The zero-order valence-electron chi connectivity index (χ0n) is 12.5. The van der Waals surface area contributed by atoms with Gasteiger partial charge in [-0.15, -0.1) is 0 Å². The van der Waals surface area contributed by atoms with E-state index < -0.39 is 5.97 Å². The van der Waals surface area contributed by atoms with Crippen LogP contribution in [0, 0.1) is 5.41 Å². The normalized spacial score (nSPS) is 10.7. The zero-order valence-corrected chi connectivity index (χ0v) is 13.3. The minimum absolute atomic E-state index is 0.0245. The minimum atomic E-state index is -0.861. The van der Waals surface area contributed by atoms with Gasteiger partial charge in [0.1, 0.15) is 16.7 Å². The van der Waals surface area contributed by atoms with Gasteiger partial charge in [-0.25, -0.2) is 15.0 Å². The van der Waals surface area contributed by atoms with Crippen molar-refractivity contribution in [1.82, 2.24) is 15.0 Å². The largest absolute Gasteiger partial charge is 0.481 e. The molecule has 2 aromatic heterocycles. The first-order chi connectivity index (χ1) is 11.6. The van der Waals surface area contributed by atoms with Crippen LogP contribution in [-0.2, 0) is 11.2 Å². The third kappa shape index (κ3) is 3.30. The Hall–Kier alpha value is -3.07. The smallest absolute Gasteiger partial charge is 0.303 e. The highest BCUT2D eigenvalue weighted by Crippen LogP contribution is 2.28. The Bertz CT molecular complexity index is 923. The van der Waals surface area contributed by atoms with Crippen molar-refractivity contribution in [2.45, 2.75) is 12.8 Å². The number of nitrogens with one attached hydrogen (secondary N) is 2. The van der Waals surface area contributed by atoms with Gasteiger partial charge in [0.2, 0.25) is 0 Å². The summed E-state index contributed by atoms with van der Waals surface area (Å²) in [6.45, 7) is 0. The molecule has 0 saturated carbocycles. The average molecular weight is 342 g/mol. The van der Waals surface area contributed by atoms with Crippen molar-refractivity contribution in [3.05, 3.63) is 35.1 Å². The molecule has 0 aliphatic heterocycles. The second kappa shape index (κ2) is 6.59. The van der Waals surface area contributed by atoms with E-state index in [-0.39, 0.29) is 6.42 Å². The summed E-state index contributed by atoms with van der Waals surface area (Å²) in [6, 6.07) is 5.24. The van der Waals surface area contributed by atoms with E-state index >= 15 is 0 Å². The number of fused-ring (bicyclic) bond motifs is 1. The predicted octanol–water partition coefficient (Wildman–Crippen LogP) is 2.43. The monoisotopic (exact) mass is 342 g/mol.